The Labute approximate surface area is 134 Å². The van der Waals surface area contributed by atoms with Gasteiger partial charge in [-0.3, -0.25) is 4.79 Å². The lowest BCUT2D eigenvalue weighted by Gasteiger charge is -2.03. The molecule has 9 heteroatoms. The van der Waals surface area contributed by atoms with Gasteiger partial charge in [0.2, 0.25) is 11.1 Å². The molecule has 2 heterocycles. The number of carbonyl (C=O) groups is 1. The summed E-state index contributed by atoms with van der Waals surface area (Å²) in [5.41, 5.74) is 0.853. The van der Waals surface area contributed by atoms with Crippen LogP contribution in [0.1, 0.15) is 4.88 Å². The van der Waals surface area contributed by atoms with Gasteiger partial charge in [-0.2, -0.15) is 4.68 Å². The number of thiazole rings is 1. The standard InChI is InChI=1S/C13H12N6OS2/c1-9-7-14-12(22-9)15-11(20)8-21-13-16-17-18-19(13)10-5-3-2-4-6-10/h2-7H,8H2,1H3,(H,14,15,20). The number of benzene rings is 1. The van der Waals surface area contributed by atoms with Gasteiger partial charge in [-0.15, -0.1) is 16.4 Å². The van der Waals surface area contributed by atoms with Crippen LogP contribution in [0, 0.1) is 6.92 Å². The Morgan fingerprint density at radius 3 is 2.91 bits per heavy atom. The van der Waals surface area contributed by atoms with Crippen LogP contribution in [0.5, 0.6) is 0 Å². The third-order valence-corrected chi connectivity index (χ3v) is 4.39. The van der Waals surface area contributed by atoms with Gasteiger partial charge in [0.25, 0.3) is 0 Å². The van der Waals surface area contributed by atoms with E-state index in [4.69, 9.17) is 0 Å². The number of para-hydroxylation sites is 1. The number of hydrogen-bond acceptors (Lipinski definition) is 7. The van der Waals surface area contributed by atoms with Crippen LogP contribution < -0.4 is 5.32 Å². The Hall–Kier alpha value is -2.26. The van der Waals surface area contributed by atoms with Crippen LogP contribution in [0.3, 0.4) is 0 Å². The zero-order valence-electron chi connectivity index (χ0n) is 11.6. The van der Waals surface area contributed by atoms with Crippen LogP contribution in [0.2, 0.25) is 0 Å². The van der Waals surface area contributed by atoms with E-state index in [2.05, 4.69) is 25.8 Å². The summed E-state index contributed by atoms with van der Waals surface area (Å²) < 4.78 is 1.60. The molecule has 0 spiro atoms. The van der Waals surface area contributed by atoms with E-state index in [0.717, 1.165) is 10.6 Å². The van der Waals surface area contributed by atoms with Crippen LogP contribution in [0.15, 0.2) is 41.7 Å². The summed E-state index contributed by atoms with van der Waals surface area (Å²) >= 11 is 2.72. The zero-order chi connectivity index (χ0) is 15.4. The van der Waals surface area contributed by atoms with Crippen molar-refractivity contribution in [2.24, 2.45) is 0 Å². The third-order valence-electron chi connectivity index (χ3n) is 2.64. The number of rotatable bonds is 5. The summed E-state index contributed by atoms with van der Waals surface area (Å²) in [5.74, 6) is 0.0770. The fourth-order valence-corrected chi connectivity index (χ4v) is 3.07. The smallest absolute Gasteiger partial charge is 0.236 e. The minimum Gasteiger partial charge on any atom is -0.301 e. The maximum absolute atomic E-state index is 11.9. The van der Waals surface area contributed by atoms with Crippen LogP contribution in [-0.2, 0) is 4.79 Å². The number of aromatic nitrogens is 5. The molecule has 1 N–H and O–H groups in total. The summed E-state index contributed by atoms with van der Waals surface area (Å²) in [4.78, 5) is 17.1. The first-order valence-electron chi connectivity index (χ1n) is 6.41. The fourth-order valence-electron chi connectivity index (χ4n) is 1.70. The molecule has 0 aliphatic heterocycles. The van der Waals surface area contributed by atoms with E-state index in [0.29, 0.717) is 10.3 Å². The lowest BCUT2D eigenvalue weighted by atomic mass is 10.3. The number of nitrogens with zero attached hydrogens (tertiary/aromatic N) is 5. The molecule has 0 radical (unpaired) electrons. The lowest BCUT2D eigenvalue weighted by molar-refractivity contribution is -0.113. The van der Waals surface area contributed by atoms with Crippen molar-refractivity contribution in [3.8, 4) is 5.69 Å². The van der Waals surface area contributed by atoms with Gasteiger partial charge in [0.05, 0.1) is 11.4 Å². The number of hydrogen-bond donors (Lipinski definition) is 1. The second-order valence-electron chi connectivity index (χ2n) is 4.32. The van der Waals surface area contributed by atoms with Gasteiger partial charge in [-0.05, 0) is 29.5 Å². The highest BCUT2D eigenvalue weighted by atomic mass is 32.2. The monoisotopic (exact) mass is 332 g/mol. The van der Waals surface area contributed by atoms with E-state index >= 15 is 0 Å². The molecule has 0 aliphatic rings. The van der Waals surface area contributed by atoms with E-state index in [1.807, 2.05) is 37.3 Å². The number of tetrazole rings is 1. The van der Waals surface area contributed by atoms with Crippen LogP contribution in [-0.4, -0.2) is 36.9 Å². The number of carbonyl (C=O) groups excluding carboxylic acids is 1. The minimum absolute atomic E-state index is 0.137. The molecule has 0 atom stereocenters. The first-order chi connectivity index (χ1) is 10.7. The van der Waals surface area contributed by atoms with E-state index in [1.54, 1.807) is 10.9 Å². The second-order valence-corrected chi connectivity index (χ2v) is 6.50. The molecule has 2 aromatic heterocycles. The van der Waals surface area contributed by atoms with Gasteiger partial charge in [0, 0.05) is 11.1 Å². The van der Waals surface area contributed by atoms with Crippen LogP contribution >= 0.6 is 23.1 Å². The number of anilines is 1. The van der Waals surface area contributed by atoms with E-state index < -0.39 is 0 Å². The minimum atomic E-state index is -0.137. The number of amides is 1. The molecule has 22 heavy (non-hydrogen) atoms. The molecule has 0 unspecified atom stereocenters. The van der Waals surface area contributed by atoms with Crippen molar-refractivity contribution in [2.75, 3.05) is 11.1 Å². The molecule has 7 nitrogen and oxygen atoms in total. The molecular weight excluding hydrogens is 320 g/mol. The predicted octanol–water partition coefficient (Wildman–Crippen LogP) is 2.16. The Morgan fingerprint density at radius 1 is 1.36 bits per heavy atom. The molecule has 0 bridgehead atoms. The molecule has 0 fully saturated rings. The van der Waals surface area contributed by atoms with E-state index in [-0.39, 0.29) is 11.7 Å². The molecular formula is C13H12N6OS2. The van der Waals surface area contributed by atoms with Gasteiger partial charge in [0.1, 0.15) is 0 Å². The summed E-state index contributed by atoms with van der Waals surface area (Å²) in [7, 11) is 0. The predicted molar refractivity (Wildman–Crippen MR) is 85.4 cm³/mol. The Morgan fingerprint density at radius 2 is 2.18 bits per heavy atom. The highest BCUT2D eigenvalue weighted by Gasteiger charge is 2.12. The van der Waals surface area contributed by atoms with Crippen molar-refractivity contribution >= 4 is 34.1 Å². The van der Waals surface area contributed by atoms with Gasteiger partial charge in [-0.1, -0.05) is 30.0 Å². The number of aryl methyl sites for hydroxylation is 1. The van der Waals surface area contributed by atoms with Crippen LogP contribution in [0.25, 0.3) is 5.69 Å². The van der Waals surface area contributed by atoms with Gasteiger partial charge in [-0.25, -0.2) is 4.98 Å². The normalized spacial score (nSPS) is 10.6. The maximum atomic E-state index is 11.9. The fraction of sp³-hybridized carbons (Fsp3) is 0.154. The van der Waals surface area contributed by atoms with Crippen molar-refractivity contribution in [3.05, 3.63) is 41.4 Å². The van der Waals surface area contributed by atoms with Crippen molar-refractivity contribution < 1.29 is 4.79 Å². The Bertz CT molecular complexity index is 770. The van der Waals surface area contributed by atoms with Gasteiger partial charge >= 0.3 is 0 Å². The quantitative estimate of drug-likeness (QED) is 0.721. The Kier molecular flexibility index (Phi) is 4.45. The van der Waals surface area contributed by atoms with Crippen molar-refractivity contribution in [2.45, 2.75) is 12.1 Å². The average molecular weight is 332 g/mol. The van der Waals surface area contributed by atoms with Crippen molar-refractivity contribution in [1.82, 2.24) is 25.2 Å². The van der Waals surface area contributed by atoms with E-state index in [1.165, 1.54) is 23.1 Å². The zero-order valence-corrected chi connectivity index (χ0v) is 13.3. The third kappa shape index (κ3) is 3.49. The first-order valence-corrected chi connectivity index (χ1v) is 8.21. The maximum Gasteiger partial charge on any atom is 0.236 e. The molecule has 0 saturated heterocycles. The summed E-state index contributed by atoms with van der Waals surface area (Å²) in [6.07, 6.45) is 1.73. The Balaban J connectivity index is 1.63. The number of thioether (sulfide) groups is 1. The van der Waals surface area contributed by atoms with Gasteiger partial charge < -0.3 is 5.32 Å². The topological polar surface area (TPSA) is 85.6 Å². The molecule has 0 saturated carbocycles. The highest BCUT2D eigenvalue weighted by Crippen LogP contribution is 2.20. The largest absolute Gasteiger partial charge is 0.301 e. The van der Waals surface area contributed by atoms with E-state index in [9.17, 15) is 4.79 Å². The summed E-state index contributed by atoms with van der Waals surface area (Å²) in [5, 5.41) is 15.5. The van der Waals surface area contributed by atoms with Crippen molar-refractivity contribution in [3.63, 3.8) is 0 Å². The molecule has 3 rings (SSSR count). The lowest BCUT2D eigenvalue weighted by Crippen LogP contribution is -2.14. The molecule has 3 aromatic rings. The average Bonchev–Trinajstić information content (AvgIpc) is 3.15. The molecule has 0 aliphatic carbocycles. The highest BCUT2D eigenvalue weighted by molar-refractivity contribution is 7.99. The molecule has 1 amide bonds. The second kappa shape index (κ2) is 6.67. The molecule has 112 valence electrons. The summed E-state index contributed by atoms with van der Waals surface area (Å²) in [6.45, 7) is 1.94. The van der Waals surface area contributed by atoms with Gasteiger partial charge in [0.15, 0.2) is 5.13 Å². The SMILES string of the molecule is Cc1cnc(NC(=O)CSc2nnnn2-c2ccccc2)s1. The first kappa shape index (κ1) is 14.7. The molecule has 1 aromatic carbocycles. The van der Waals surface area contributed by atoms with Crippen LogP contribution in [0.4, 0.5) is 5.13 Å². The summed E-state index contributed by atoms with van der Waals surface area (Å²) in [6, 6.07) is 9.54. The number of nitrogens with one attached hydrogen (secondary N) is 1. The van der Waals surface area contributed by atoms with Crippen molar-refractivity contribution in [1.29, 1.82) is 0 Å².